The number of hydrogen-bond donors (Lipinski definition) is 1. The summed E-state index contributed by atoms with van der Waals surface area (Å²) in [5.74, 6) is 0.381. The zero-order valence-corrected chi connectivity index (χ0v) is 19.7. The van der Waals surface area contributed by atoms with Gasteiger partial charge in [-0.2, -0.15) is 0 Å². The van der Waals surface area contributed by atoms with Crippen LogP contribution in [0.2, 0.25) is 18.1 Å². The predicted molar refractivity (Wildman–Crippen MR) is 118 cm³/mol. The fourth-order valence-corrected chi connectivity index (χ4v) is 4.24. The van der Waals surface area contributed by atoms with Crippen LogP contribution in [0.3, 0.4) is 0 Å². The van der Waals surface area contributed by atoms with Gasteiger partial charge in [-0.25, -0.2) is 0 Å². The zero-order valence-electron chi connectivity index (χ0n) is 18.7. The second-order valence-corrected chi connectivity index (χ2v) is 14.4. The smallest absolute Gasteiger partial charge is 0.191 e. The van der Waals surface area contributed by atoms with E-state index < -0.39 is 14.6 Å². The molecule has 1 rings (SSSR count). The lowest BCUT2D eigenvalue weighted by molar-refractivity contribution is -0.0791. The number of rotatable bonds is 10. The normalized spacial score (nSPS) is 25.1. The molecule has 0 bridgehead atoms. The van der Waals surface area contributed by atoms with Gasteiger partial charge in [0.25, 0.3) is 0 Å². The summed E-state index contributed by atoms with van der Waals surface area (Å²) in [7, 11) is -1.65. The molecule has 0 aliphatic carbocycles. The first kappa shape index (κ1) is 24.4. The Kier molecular flexibility index (Phi) is 9.70. The second kappa shape index (κ2) is 10.8. The van der Waals surface area contributed by atoms with Crippen LogP contribution >= 0.6 is 0 Å². The third kappa shape index (κ3) is 8.47. The Balaban J connectivity index is 2.49. The molecule has 156 valence electrons. The zero-order chi connectivity index (χ0) is 20.7. The molecule has 1 N–H and O–H groups in total. The molecule has 0 aromatic heterocycles. The van der Waals surface area contributed by atoms with Gasteiger partial charge in [-0.15, -0.1) is 0 Å². The van der Waals surface area contributed by atoms with Crippen LogP contribution in [0, 0.1) is 5.92 Å². The lowest BCUT2D eigenvalue weighted by atomic mass is 9.92. The largest absolute Gasteiger partial charge is 0.417 e. The first-order valence-corrected chi connectivity index (χ1v) is 13.3. The lowest BCUT2D eigenvalue weighted by Gasteiger charge is -2.36. The summed E-state index contributed by atoms with van der Waals surface area (Å²) in [6.45, 7) is 20.3. The Morgan fingerprint density at radius 3 is 2.48 bits per heavy atom. The summed E-state index contributed by atoms with van der Waals surface area (Å²) in [6.07, 6.45) is 10.4. The molecule has 0 spiro atoms. The highest BCUT2D eigenvalue weighted by atomic mass is 28.4. The van der Waals surface area contributed by atoms with Crippen LogP contribution in [-0.2, 0) is 9.16 Å². The van der Waals surface area contributed by atoms with E-state index in [2.05, 4.69) is 66.4 Å². The molecule has 1 saturated heterocycles. The van der Waals surface area contributed by atoms with Crippen LogP contribution in [0.25, 0.3) is 0 Å². The van der Waals surface area contributed by atoms with Crippen molar-refractivity contribution < 1.29 is 14.3 Å². The molecule has 1 aliphatic heterocycles. The summed E-state index contributed by atoms with van der Waals surface area (Å²) in [4.78, 5) is 0. The molecule has 3 atom stereocenters. The van der Waals surface area contributed by atoms with Crippen molar-refractivity contribution in [2.75, 3.05) is 6.61 Å². The third-order valence-corrected chi connectivity index (χ3v) is 10.6. The summed E-state index contributed by atoms with van der Waals surface area (Å²) in [5.41, 5.74) is 2.66. The van der Waals surface area contributed by atoms with E-state index in [0.29, 0.717) is 5.92 Å². The lowest BCUT2D eigenvalue weighted by Crippen LogP contribution is -2.40. The molecule has 3 nitrogen and oxygen atoms in total. The van der Waals surface area contributed by atoms with Crippen LogP contribution in [-0.4, -0.2) is 32.4 Å². The van der Waals surface area contributed by atoms with Gasteiger partial charge in [-0.05, 0) is 63.6 Å². The molecular weight excluding hydrogens is 352 g/mol. The van der Waals surface area contributed by atoms with Gasteiger partial charge < -0.3 is 14.3 Å². The van der Waals surface area contributed by atoms with Gasteiger partial charge >= 0.3 is 0 Å². The second-order valence-electron chi connectivity index (χ2n) is 9.56. The SMILES string of the molecule is C=C/C=C(\C)CCC1CC(O)OC1/C=C(\C)CCCO[Si](C)(C)C(C)(C)C. The molecule has 0 aromatic carbocycles. The van der Waals surface area contributed by atoms with Gasteiger partial charge in [0.15, 0.2) is 14.6 Å². The number of allylic oxidation sites excluding steroid dienone is 4. The highest BCUT2D eigenvalue weighted by molar-refractivity contribution is 6.74. The fraction of sp³-hybridized carbons (Fsp3) is 0.739. The van der Waals surface area contributed by atoms with Crippen molar-refractivity contribution in [3.05, 3.63) is 36.0 Å². The van der Waals surface area contributed by atoms with E-state index in [0.717, 1.165) is 38.7 Å². The molecule has 3 unspecified atom stereocenters. The average molecular weight is 395 g/mol. The van der Waals surface area contributed by atoms with Crippen molar-refractivity contribution in [2.24, 2.45) is 5.92 Å². The molecule has 1 heterocycles. The van der Waals surface area contributed by atoms with E-state index in [-0.39, 0.29) is 11.1 Å². The number of hydrogen-bond acceptors (Lipinski definition) is 3. The van der Waals surface area contributed by atoms with Gasteiger partial charge in [0.2, 0.25) is 0 Å². The van der Waals surface area contributed by atoms with Gasteiger partial charge in [0.05, 0.1) is 6.10 Å². The Labute approximate surface area is 168 Å². The highest BCUT2D eigenvalue weighted by Crippen LogP contribution is 2.36. The summed E-state index contributed by atoms with van der Waals surface area (Å²) in [5, 5.41) is 10.2. The first-order chi connectivity index (χ1) is 12.5. The van der Waals surface area contributed by atoms with Crippen LogP contribution in [0.15, 0.2) is 36.0 Å². The van der Waals surface area contributed by atoms with E-state index in [4.69, 9.17) is 9.16 Å². The molecule has 4 heteroatoms. The highest BCUT2D eigenvalue weighted by Gasteiger charge is 2.37. The maximum Gasteiger partial charge on any atom is 0.191 e. The van der Waals surface area contributed by atoms with Gasteiger partial charge in [-0.1, -0.05) is 56.7 Å². The van der Waals surface area contributed by atoms with Crippen LogP contribution in [0.1, 0.15) is 66.7 Å². The standard InChI is InChI=1S/C23H42O3Si/c1-9-11-18(2)13-14-20-17-22(24)26-21(20)16-19(3)12-10-15-25-27(7,8)23(4,5)6/h9,11,16,20-22,24H,1,10,12-15,17H2,2-8H3/b18-11+,19-16+. The summed E-state index contributed by atoms with van der Waals surface area (Å²) in [6, 6.07) is 0. The van der Waals surface area contributed by atoms with Gasteiger partial charge in [0, 0.05) is 13.0 Å². The summed E-state index contributed by atoms with van der Waals surface area (Å²) >= 11 is 0. The van der Waals surface area contributed by atoms with Gasteiger partial charge in [-0.3, -0.25) is 0 Å². The minimum Gasteiger partial charge on any atom is -0.417 e. The van der Waals surface area contributed by atoms with E-state index in [9.17, 15) is 5.11 Å². The van der Waals surface area contributed by atoms with E-state index in [1.165, 1.54) is 11.1 Å². The number of aliphatic hydroxyl groups is 1. The van der Waals surface area contributed by atoms with E-state index in [1.807, 2.05) is 6.08 Å². The predicted octanol–water partition coefficient (Wildman–Crippen LogP) is 6.37. The van der Waals surface area contributed by atoms with E-state index in [1.54, 1.807) is 0 Å². The van der Waals surface area contributed by atoms with Crippen LogP contribution in [0.4, 0.5) is 0 Å². The van der Waals surface area contributed by atoms with Gasteiger partial charge in [0.1, 0.15) is 0 Å². The van der Waals surface area contributed by atoms with Crippen molar-refractivity contribution in [1.82, 2.24) is 0 Å². The van der Waals surface area contributed by atoms with Crippen molar-refractivity contribution >= 4 is 8.32 Å². The van der Waals surface area contributed by atoms with Crippen molar-refractivity contribution in [3.63, 3.8) is 0 Å². The monoisotopic (exact) mass is 394 g/mol. The molecule has 1 fully saturated rings. The number of ether oxygens (including phenoxy) is 1. The van der Waals surface area contributed by atoms with Crippen LogP contribution < -0.4 is 0 Å². The minimum atomic E-state index is -1.65. The van der Waals surface area contributed by atoms with Crippen LogP contribution in [0.5, 0.6) is 0 Å². The Morgan fingerprint density at radius 1 is 1.22 bits per heavy atom. The number of aliphatic hydroxyl groups excluding tert-OH is 1. The van der Waals surface area contributed by atoms with Crippen molar-refractivity contribution in [1.29, 1.82) is 0 Å². The molecule has 0 amide bonds. The average Bonchev–Trinajstić information content (AvgIpc) is 2.88. The molecule has 0 aromatic rings. The molecule has 0 saturated carbocycles. The fourth-order valence-electron chi connectivity index (χ4n) is 3.15. The molecular formula is C23H42O3Si. The Hall–Kier alpha value is -0.683. The topological polar surface area (TPSA) is 38.7 Å². The Morgan fingerprint density at radius 2 is 1.89 bits per heavy atom. The molecule has 1 aliphatic rings. The molecule has 27 heavy (non-hydrogen) atoms. The maximum absolute atomic E-state index is 9.93. The maximum atomic E-state index is 9.93. The van der Waals surface area contributed by atoms with Crippen molar-refractivity contribution in [3.8, 4) is 0 Å². The van der Waals surface area contributed by atoms with Crippen molar-refractivity contribution in [2.45, 2.75) is 97.2 Å². The summed E-state index contributed by atoms with van der Waals surface area (Å²) < 4.78 is 12.0. The Bertz CT molecular complexity index is 528. The first-order valence-electron chi connectivity index (χ1n) is 10.4. The van der Waals surface area contributed by atoms with E-state index >= 15 is 0 Å². The third-order valence-electron chi connectivity index (χ3n) is 6.03. The minimum absolute atomic E-state index is 0.0258. The molecule has 0 radical (unpaired) electrons. The quantitative estimate of drug-likeness (QED) is 0.202.